The third-order valence-corrected chi connectivity index (χ3v) is 4.59. The van der Waals surface area contributed by atoms with Crippen molar-refractivity contribution in [3.05, 3.63) is 11.8 Å². The molecule has 126 valence electrons. The minimum Gasteiger partial charge on any atom is -0.390 e. The molecule has 6 nitrogen and oxygen atoms in total. The van der Waals surface area contributed by atoms with Gasteiger partial charge in [-0.3, -0.25) is 9.59 Å². The van der Waals surface area contributed by atoms with Crippen LogP contribution in [0.15, 0.2) is 11.8 Å². The first-order valence-corrected chi connectivity index (χ1v) is 8.52. The van der Waals surface area contributed by atoms with Crippen molar-refractivity contribution in [3.8, 4) is 6.07 Å². The molecule has 0 radical (unpaired) electrons. The Morgan fingerprint density at radius 3 is 2.74 bits per heavy atom. The van der Waals surface area contributed by atoms with Gasteiger partial charge < -0.3 is 15.1 Å². The lowest BCUT2D eigenvalue weighted by molar-refractivity contribution is -0.128. The molecule has 2 aliphatic rings. The van der Waals surface area contributed by atoms with Gasteiger partial charge in [-0.05, 0) is 31.6 Å². The Balaban J connectivity index is 1.72. The van der Waals surface area contributed by atoms with Crippen LogP contribution in [0.5, 0.6) is 0 Å². The van der Waals surface area contributed by atoms with Crippen molar-refractivity contribution in [2.75, 3.05) is 32.7 Å². The van der Waals surface area contributed by atoms with Gasteiger partial charge in [-0.2, -0.15) is 5.26 Å². The molecule has 0 aromatic rings. The van der Waals surface area contributed by atoms with Gasteiger partial charge in [0.2, 0.25) is 5.91 Å². The number of amides is 2. The van der Waals surface area contributed by atoms with Crippen molar-refractivity contribution in [3.63, 3.8) is 0 Å². The van der Waals surface area contributed by atoms with Crippen molar-refractivity contribution in [1.29, 1.82) is 5.26 Å². The predicted octanol–water partition coefficient (Wildman–Crippen LogP) is 1.25. The van der Waals surface area contributed by atoms with E-state index in [1.165, 1.54) is 6.20 Å². The van der Waals surface area contributed by atoms with Crippen LogP contribution in [-0.4, -0.2) is 54.3 Å². The molecule has 0 spiro atoms. The summed E-state index contributed by atoms with van der Waals surface area (Å²) in [6.45, 7) is 5.89. The molecule has 2 heterocycles. The van der Waals surface area contributed by atoms with E-state index in [1.54, 1.807) is 4.90 Å². The van der Waals surface area contributed by atoms with Crippen molar-refractivity contribution >= 4 is 11.8 Å². The van der Waals surface area contributed by atoms with Crippen LogP contribution >= 0.6 is 0 Å². The Hall–Kier alpha value is -2.03. The summed E-state index contributed by atoms with van der Waals surface area (Å²) in [5.41, 5.74) is 0.164. The molecule has 2 saturated heterocycles. The van der Waals surface area contributed by atoms with E-state index >= 15 is 0 Å². The van der Waals surface area contributed by atoms with E-state index in [1.807, 2.05) is 11.0 Å². The van der Waals surface area contributed by atoms with Crippen LogP contribution in [0.3, 0.4) is 0 Å². The number of carbonyl (C=O) groups excluding carboxylic acids is 2. The van der Waals surface area contributed by atoms with E-state index in [4.69, 9.17) is 0 Å². The number of hydrogen-bond donors (Lipinski definition) is 1. The van der Waals surface area contributed by atoms with Gasteiger partial charge in [0.1, 0.15) is 11.6 Å². The van der Waals surface area contributed by atoms with Crippen LogP contribution in [0, 0.1) is 17.2 Å². The maximum atomic E-state index is 12.3. The fraction of sp³-hybridized carbons (Fsp3) is 0.706. The first-order chi connectivity index (χ1) is 11.1. The molecule has 2 fully saturated rings. The molecule has 23 heavy (non-hydrogen) atoms. The number of nitriles is 1. The van der Waals surface area contributed by atoms with Gasteiger partial charge in [-0.1, -0.05) is 6.92 Å². The van der Waals surface area contributed by atoms with Crippen molar-refractivity contribution in [2.45, 2.75) is 39.0 Å². The number of nitrogens with one attached hydrogen (secondary N) is 1. The van der Waals surface area contributed by atoms with Crippen LogP contribution in [0.2, 0.25) is 0 Å². The summed E-state index contributed by atoms with van der Waals surface area (Å²) in [5, 5.41) is 12.2. The average molecular weight is 318 g/mol. The summed E-state index contributed by atoms with van der Waals surface area (Å²) in [6.07, 6.45) is 5.95. The average Bonchev–Trinajstić information content (AvgIpc) is 2.96. The van der Waals surface area contributed by atoms with Gasteiger partial charge in [0.05, 0.1) is 0 Å². The summed E-state index contributed by atoms with van der Waals surface area (Å²) in [4.78, 5) is 27.4. The summed E-state index contributed by atoms with van der Waals surface area (Å²) >= 11 is 0. The van der Waals surface area contributed by atoms with Crippen molar-refractivity contribution < 1.29 is 9.59 Å². The van der Waals surface area contributed by atoms with E-state index in [2.05, 4.69) is 12.2 Å². The highest BCUT2D eigenvalue weighted by Crippen LogP contribution is 2.17. The van der Waals surface area contributed by atoms with Crippen LogP contribution in [0.1, 0.15) is 39.0 Å². The molecule has 0 aliphatic carbocycles. The zero-order valence-corrected chi connectivity index (χ0v) is 13.9. The van der Waals surface area contributed by atoms with Crippen molar-refractivity contribution in [1.82, 2.24) is 15.1 Å². The lowest BCUT2D eigenvalue weighted by atomic mass is 9.99. The second-order valence-corrected chi connectivity index (χ2v) is 6.44. The fourth-order valence-electron chi connectivity index (χ4n) is 3.01. The lowest BCUT2D eigenvalue weighted by Crippen LogP contribution is -2.38. The summed E-state index contributed by atoms with van der Waals surface area (Å²) in [7, 11) is 0. The van der Waals surface area contributed by atoms with Gasteiger partial charge in [0, 0.05) is 45.3 Å². The van der Waals surface area contributed by atoms with Gasteiger partial charge in [0.25, 0.3) is 5.91 Å². The number of rotatable bonds is 6. The second kappa shape index (κ2) is 8.56. The predicted molar refractivity (Wildman–Crippen MR) is 87.1 cm³/mol. The largest absolute Gasteiger partial charge is 0.390 e. The minimum atomic E-state index is -0.179. The number of piperidine rings is 1. The number of likely N-dealkylation sites (tertiary alicyclic amines) is 2. The normalized spacial score (nSPS) is 19.8. The molecular formula is C17H26N4O2. The molecule has 0 aromatic carbocycles. The molecular weight excluding hydrogens is 292 g/mol. The van der Waals surface area contributed by atoms with Crippen LogP contribution in [0.4, 0.5) is 0 Å². The Morgan fingerprint density at radius 2 is 2.13 bits per heavy atom. The van der Waals surface area contributed by atoms with E-state index in [9.17, 15) is 14.9 Å². The van der Waals surface area contributed by atoms with E-state index < -0.39 is 0 Å². The molecule has 0 aromatic heterocycles. The molecule has 2 amide bonds. The van der Waals surface area contributed by atoms with E-state index in [0.29, 0.717) is 18.9 Å². The first kappa shape index (κ1) is 17.3. The van der Waals surface area contributed by atoms with Crippen LogP contribution in [-0.2, 0) is 9.59 Å². The highest BCUT2D eigenvalue weighted by Gasteiger charge is 2.23. The molecule has 2 rings (SSSR count). The molecule has 0 bridgehead atoms. The Labute approximate surface area is 138 Å². The van der Waals surface area contributed by atoms with Crippen molar-refractivity contribution in [2.24, 2.45) is 5.92 Å². The molecule has 1 N–H and O–H groups in total. The van der Waals surface area contributed by atoms with Crippen LogP contribution < -0.4 is 5.32 Å². The molecule has 2 aliphatic heterocycles. The SMILES string of the molecule is CC1CCN(C(=O)/C(C#N)=C\NCCCN2CCCC2=O)CC1. The van der Waals surface area contributed by atoms with Gasteiger partial charge in [-0.15, -0.1) is 0 Å². The highest BCUT2D eigenvalue weighted by molar-refractivity contribution is 5.97. The molecule has 6 heteroatoms. The zero-order chi connectivity index (χ0) is 16.7. The number of hydrogen-bond acceptors (Lipinski definition) is 4. The topological polar surface area (TPSA) is 76.4 Å². The molecule has 0 atom stereocenters. The minimum absolute atomic E-state index is 0.164. The lowest BCUT2D eigenvalue weighted by Gasteiger charge is -2.30. The third-order valence-electron chi connectivity index (χ3n) is 4.59. The van der Waals surface area contributed by atoms with Gasteiger partial charge in [0.15, 0.2) is 0 Å². The zero-order valence-electron chi connectivity index (χ0n) is 13.9. The summed E-state index contributed by atoms with van der Waals surface area (Å²) in [6, 6.07) is 1.99. The second-order valence-electron chi connectivity index (χ2n) is 6.44. The smallest absolute Gasteiger partial charge is 0.265 e. The number of carbonyl (C=O) groups is 2. The van der Waals surface area contributed by atoms with Crippen LogP contribution in [0.25, 0.3) is 0 Å². The quantitative estimate of drug-likeness (QED) is 0.454. The Kier molecular flexibility index (Phi) is 6.45. The number of nitrogens with zero attached hydrogens (tertiary/aromatic N) is 3. The first-order valence-electron chi connectivity index (χ1n) is 8.52. The summed E-state index contributed by atoms with van der Waals surface area (Å²) in [5.74, 6) is 0.703. The van der Waals surface area contributed by atoms with Gasteiger partial charge >= 0.3 is 0 Å². The third kappa shape index (κ3) is 4.98. The Morgan fingerprint density at radius 1 is 1.39 bits per heavy atom. The maximum absolute atomic E-state index is 12.3. The van der Waals surface area contributed by atoms with E-state index in [-0.39, 0.29) is 17.4 Å². The highest BCUT2D eigenvalue weighted by atomic mass is 16.2. The van der Waals surface area contributed by atoms with Gasteiger partial charge in [-0.25, -0.2) is 0 Å². The molecule has 0 saturated carbocycles. The molecule has 0 unspecified atom stereocenters. The summed E-state index contributed by atoms with van der Waals surface area (Å²) < 4.78 is 0. The fourth-order valence-corrected chi connectivity index (χ4v) is 3.01. The monoisotopic (exact) mass is 318 g/mol. The Bertz CT molecular complexity index is 501. The maximum Gasteiger partial charge on any atom is 0.265 e. The van der Waals surface area contributed by atoms with E-state index in [0.717, 1.165) is 51.9 Å². The standard InChI is InChI=1S/C17H26N4O2/c1-14-5-10-21(11-6-14)17(23)15(12-18)13-19-7-3-9-20-8-2-4-16(20)22/h13-14,19H,2-11H2,1H3/b15-13-.